The van der Waals surface area contributed by atoms with E-state index < -0.39 is 0 Å². The van der Waals surface area contributed by atoms with Crippen LogP contribution in [-0.2, 0) is 0 Å². The molecular weight excluding hydrogens is 160 g/mol. The summed E-state index contributed by atoms with van der Waals surface area (Å²) in [5.41, 5.74) is 0. The molecule has 2 heterocycles. The van der Waals surface area contributed by atoms with Crippen molar-refractivity contribution in [1.29, 1.82) is 0 Å². The summed E-state index contributed by atoms with van der Waals surface area (Å²) >= 11 is 0. The minimum absolute atomic E-state index is 1.42. The maximum absolute atomic E-state index is 1.88. The van der Waals surface area contributed by atoms with Crippen molar-refractivity contribution in [2.45, 2.75) is 38.5 Å². The van der Waals surface area contributed by atoms with Crippen molar-refractivity contribution in [2.24, 2.45) is 0 Å². The fourth-order valence-corrected chi connectivity index (χ4v) is 2.81. The van der Waals surface area contributed by atoms with Crippen LogP contribution in [-0.4, -0.2) is 32.8 Å². The first-order chi connectivity index (χ1) is 6.45. The van der Waals surface area contributed by atoms with Crippen molar-refractivity contribution >= 4 is 0 Å². The third-order valence-corrected chi connectivity index (χ3v) is 3.62. The zero-order valence-corrected chi connectivity index (χ0v) is 8.78. The van der Waals surface area contributed by atoms with E-state index in [2.05, 4.69) is 0 Å². The van der Waals surface area contributed by atoms with Gasteiger partial charge in [0.25, 0.3) is 0 Å². The number of hydrogen-bond donors (Lipinski definition) is 2. The van der Waals surface area contributed by atoms with Crippen molar-refractivity contribution < 1.29 is 9.80 Å². The summed E-state index contributed by atoms with van der Waals surface area (Å²) in [5.74, 6) is 0. The summed E-state index contributed by atoms with van der Waals surface area (Å²) in [6.07, 6.45) is 8.87. The molecular formula is C11H24N2+2. The molecule has 13 heavy (non-hydrogen) atoms. The first-order valence-electron chi connectivity index (χ1n) is 6.12. The van der Waals surface area contributed by atoms with E-state index in [1.54, 1.807) is 0 Å². The number of hydrogen-bond acceptors (Lipinski definition) is 0. The average molecular weight is 184 g/mol. The highest BCUT2D eigenvalue weighted by Gasteiger charge is 2.21. The predicted octanol–water partition coefficient (Wildman–Crippen LogP) is -0.918. The largest absolute Gasteiger partial charge is 0.289 e. The van der Waals surface area contributed by atoms with Crippen molar-refractivity contribution in [2.75, 3.05) is 32.8 Å². The maximum Gasteiger partial charge on any atom is 0.204 e. The molecule has 0 aliphatic carbocycles. The summed E-state index contributed by atoms with van der Waals surface area (Å²) < 4.78 is 0. The summed E-state index contributed by atoms with van der Waals surface area (Å²) in [6.45, 7) is 7.21. The van der Waals surface area contributed by atoms with E-state index in [0.29, 0.717) is 0 Å². The molecule has 0 aromatic carbocycles. The third kappa shape index (κ3) is 2.96. The SMILES string of the molecule is C1CC[NH+](C[NH+]2CCCCC2)CC1. The van der Waals surface area contributed by atoms with E-state index in [0.717, 1.165) is 0 Å². The second-order valence-corrected chi connectivity index (χ2v) is 4.80. The van der Waals surface area contributed by atoms with Gasteiger partial charge in [0.2, 0.25) is 6.67 Å². The van der Waals surface area contributed by atoms with Crippen molar-refractivity contribution in [3.63, 3.8) is 0 Å². The van der Waals surface area contributed by atoms with Gasteiger partial charge in [-0.3, -0.25) is 9.80 Å². The molecule has 0 saturated carbocycles. The summed E-state index contributed by atoms with van der Waals surface area (Å²) in [6, 6.07) is 0. The second kappa shape index (κ2) is 4.97. The number of nitrogens with one attached hydrogen (secondary N) is 2. The van der Waals surface area contributed by atoms with Gasteiger partial charge in [0.15, 0.2) is 0 Å². The molecule has 0 radical (unpaired) electrons. The van der Waals surface area contributed by atoms with E-state index >= 15 is 0 Å². The fourth-order valence-electron chi connectivity index (χ4n) is 2.81. The lowest BCUT2D eigenvalue weighted by Gasteiger charge is -2.29. The lowest BCUT2D eigenvalue weighted by atomic mass is 10.1. The molecule has 2 nitrogen and oxygen atoms in total. The van der Waals surface area contributed by atoms with Crippen LogP contribution in [0.4, 0.5) is 0 Å². The molecule has 2 rings (SSSR count). The zero-order valence-electron chi connectivity index (χ0n) is 8.78. The van der Waals surface area contributed by atoms with Gasteiger partial charge in [0.05, 0.1) is 26.2 Å². The van der Waals surface area contributed by atoms with E-state index in [9.17, 15) is 0 Å². The number of rotatable bonds is 2. The molecule has 2 saturated heterocycles. The lowest BCUT2D eigenvalue weighted by molar-refractivity contribution is -1.09. The summed E-state index contributed by atoms with van der Waals surface area (Å²) in [7, 11) is 0. The van der Waals surface area contributed by atoms with Gasteiger partial charge in [-0.2, -0.15) is 0 Å². The Labute approximate surface area is 81.9 Å². The Morgan fingerprint density at radius 2 is 0.923 bits per heavy atom. The standard InChI is InChI=1S/C11H22N2/c1-3-7-12(8-4-1)11-13-9-5-2-6-10-13/h1-11H2/p+2. The number of quaternary nitrogens is 2. The Hall–Kier alpha value is -0.0800. The molecule has 0 aromatic rings. The highest BCUT2D eigenvalue weighted by atomic mass is 15.3. The fraction of sp³-hybridized carbons (Fsp3) is 1.00. The number of piperidine rings is 2. The van der Waals surface area contributed by atoms with Gasteiger partial charge in [-0.05, 0) is 38.5 Å². The molecule has 2 fully saturated rings. The first-order valence-corrected chi connectivity index (χ1v) is 6.12. The van der Waals surface area contributed by atoms with Crippen LogP contribution in [0, 0.1) is 0 Å². The molecule has 2 N–H and O–H groups in total. The van der Waals surface area contributed by atoms with Gasteiger partial charge in [-0.15, -0.1) is 0 Å². The summed E-state index contributed by atoms with van der Waals surface area (Å²) in [4.78, 5) is 3.76. The average Bonchev–Trinajstić information content (AvgIpc) is 2.21. The van der Waals surface area contributed by atoms with Crippen LogP contribution >= 0.6 is 0 Å². The van der Waals surface area contributed by atoms with Gasteiger partial charge < -0.3 is 0 Å². The minimum atomic E-state index is 1.42. The Kier molecular flexibility index (Phi) is 3.62. The van der Waals surface area contributed by atoms with Crippen molar-refractivity contribution in [3.05, 3.63) is 0 Å². The molecule has 76 valence electrons. The molecule has 0 spiro atoms. The van der Waals surface area contributed by atoms with Crippen molar-refractivity contribution in [1.82, 2.24) is 0 Å². The van der Waals surface area contributed by atoms with Gasteiger partial charge in [0.1, 0.15) is 0 Å². The monoisotopic (exact) mass is 184 g/mol. The van der Waals surface area contributed by atoms with Crippen LogP contribution in [0.15, 0.2) is 0 Å². The predicted molar refractivity (Wildman–Crippen MR) is 54.0 cm³/mol. The van der Waals surface area contributed by atoms with E-state index in [4.69, 9.17) is 0 Å². The molecule has 2 heteroatoms. The molecule has 0 atom stereocenters. The van der Waals surface area contributed by atoms with E-state index in [-0.39, 0.29) is 0 Å². The molecule has 2 aliphatic heterocycles. The van der Waals surface area contributed by atoms with Gasteiger partial charge in [0, 0.05) is 0 Å². The van der Waals surface area contributed by atoms with Gasteiger partial charge in [-0.25, -0.2) is 0 Å². The van der Waals surface area contributed by atoms with Crippen LogP contribution in [0.2, 0.25) is 0 Å². The maximum atomic E-state index is 1.88. The van der Waals surface area contributed by atoms with Crippen LogP contribution in [0.3, 0.4) is 0 Å². The summed E-state index contributed by atoms with van der Waals surface area (Å²) in [5, 5.41) is 0. The Balaban J connectivity index is 1.69. The smallest absolute Gasteiger partial charge is 0.204 e. The molecule has 0 aromatic heterocycles. The molecule has 0 bridgehead atoms. The minimum Gasteiger partial charge on any atom is -0.289 e. The van der Waals surface area contributed by atoms with Crippen LogP contribution in [0.5, 0.6) is 0 Å². The van der Waals surface area contributed by atoms with Crippen molar-refractivity contribution in [3.8, 4) is 0 Å². The quantitative estimate of drug-likeness (QED) is 0.549. The second-order valence-electron chi connectivity index (χ2n) is 4.80. The third-order valence-electron chi connectivity index (χ3n) is 3.62. The highest BCUT2D eigenvalue weighted by molar-refractivity contribution is 4.46. The Morgan fingerprint density at radius 1 is 0.538 bits per heavy atom. The first kappa shape index (κ1) is 9.47. The van der Waals surface area contributed by atoms with E-state index in [1.807, 2.05) is 9.80 Å². The number of likely N-dealkylation sites (tertiary alicyclic amines) is 2. The zero-order chi connectivity index (χ0) is 8.93. The molecule has 0 amide bonds. The van der Waals surface area contributed by atoms with Crippen LogP contribution in [0.1, 0.15) is 38.5 Å². The van der Waals surface area contributed by atoms with Crippen LogP contribution in [0.25, 0.3) is 0 Å². The molecule has 0 unspecified atom stereocenters. The van der Waals surface area contributed by atoms with Crippen LogP contribution < -0.4 is 9.80 Å². The topological polar surface area (TPSA) is 8.88 Å². The Morgan fingerprint density at radius 3 is 1.31 bits per heavy atom. The highest BCUT2D eigenvalue weighted by Crippen LogP contribution is 1.95. The van der Waals surface area contributed by atoms with E-state index in [1.165, 1.54) is 71.4 Å². The lowest BCUT2D eigenvalue weighted by Crippen LogP contribution is -3.31. The molecule has 2 aliphatic rings. The van der Waals surface area contributed by atoms with Gasteiger partial charge >= 0.3 is 0 Å². The normalized spacial score (nSPS) is 27.7. The van der Waals surface area contributed by atoms with Gasteiger partial charge in [-0.1, -0.05) is 0 Å². The Bertz CT molecular complexity index is 119.